The van der Waals surface area contributed by atoms with Gasteiger partial charge in [0.05, 0.1) is 5.69 Å². The van der Waals surface area contributed by atoms with Crippen LogP contribution in [0.4, 0.5) is 0 Å². The highest BCUT2D eigenvalue weighted by atomic mass is 79.9. The van der Waals surface area contributed by atoms with Crippen molar-refractivity contribution in [1.82, 2.24) is 9.78 Å². The molecule has 3 nitrogen and oxygen atoms in total. The number of nitrogens with two attached hydrogens (primary N) is 1. The van der Waals surface area contributed by atoms with E-state index in [2.05, 4.69) is 39.2 Å². The number of benzene rings is 1. The van der Waals surface area contributed by atoms with Gasteiger partial charge in [-0.15, -0.1) is 0 Å². The van der Waals surface area contributed by atoms with E-state index in [0.717, 1.165) is 16.6 Å². The SMILES string of the molecule is CC(N)Cc1ccc(-n2cccn2)cc1Br. The van der Waals surface area contributed by atoms with Crippen molar-refractivity contribution < 1.29 is 0 Å². The molecule has 0 amide bonds. The van der Waals surface area contributed by atoms with Crippen molar-refractivity contribution in [3.05, 3.63) is 46.7 Å². The fourth-order valence-corrected chi connectivity index (χ4v) is 2.14. The predicted octanol–water partition coefficient (Wildman–Crippen LogP) is 2.52. The van der Waals surface area contributed by atoms with Crippen LogP contribution >= 0.6 is 15.9 Å². The standard InChI is InChI=1S/C12H14BrN3/c1-9(14)7-10-3-4-11(8-12(10)13)16-6-2-5-15-16/h2-6,8-9H,7,14H2,1H3. The van der Waals surface area contributed by atoms with Crippen LogP contribution in [0.5, 0.6) is 0 Å². The summed E-state index contributed by atoms with van der Waals surface area (Å²) in [5.41, 5.74) is 8.06. The normalized spacial score (nSPS) is 12.7. The van der Waals surface area contributed by atoms with E-state index in [4.69, 9.17) is 5.73 Å². The zero-order valence-corrected chi connectivity index (χ0v) is 10.7. The fourth-order valence-electron chi connectivity index (χ4n) is 1.61. The zero-order valence-electron chi connectivity index (χ0n) is 9.10. The molecule has 1 atom stereocenters. The summed E-state index contributed by atoms with van der Waals surface area (Å²) in [4.78, 5) is 0. The number of rotatable bonds is 3. The molecule has 1 heterocycles. The molecule has 0 saturated carbocycles. The Labute approximate surface area is 103 Å². The highest BCUT2D eigenvalue weighted by Crippen LogP contribution is 2.21. The van der Waals surface area contributed by atoms with Crippen molar-refractivity contribution >= 4 is 15.9 Å². The van der Waals surface area contributed by atoms with Gasteiger partial charge in [0, 0.05) is 22.9 Å². The van der Waals surface area contributed by atoms with Gasteiger partial charge in [-0.3, -0.25) is 0 Å². The molecule has 0 radical (unpaired) electrons. The van der Waals surface area contributed by atoms with E-state index >= 15 is 0 Å². The first kappa shape index (κ1) is 11.4. The number of hydrogen-bond donors (Lipinski definition) is 1. The average molecular weight is 280 g/mol. The minimum absolute atomic E-state index is 0.173. The summed E-state index contributed by atoms with van der Waals surface area (Å²) >= 11 is 3.56. The van der Waals surface area contributed by atoms with Crippen molar-refractivity contribution in [1.29, 1.82) is 0 Å². The van der Waals surface area contributed by atoms with Gasteiger partial charge in [-0.25, -0.2) is 4.68 Å². The second kappa shape index (κ2) is 4.80. The molecule has 1 aromatic heterocycles. The molecular weight excluding hydrogens is 266 g/mol. The monoisotopic (exact) mass is 279 g/mol. The van der Waals surface area contributed by atoms with Crippen LogP contribution in [0, 0.1) is 0 Å². The molecule has 1 unspecified atom stereocenters. The average Bonchev–Trinajstić information content (AvgIpc) is 2.73. The quantitative estimate of drug-likeness (QED) is 0.938. The van der Waals surface area contributed by atoms with Gasteiger partial charge >= 0.3 is 0 Å². The third-order valence-electron chi connectivity index (χ3n) is 2.35. The van der Waals surface area contributed by atoms with E-state index in [0.29, 0.717) is 0 Å². The van der Waals surface area contributed by atoms with Crippen LogP contribution in [0.2, 0.25) is 0 Å². The zero-order chi connectivity index (χ0) is 11.5. The third kappa shape index (κ3) is 2.51. The van der Waals surface area contributed by atoms with E-state index in [-0.39, 0.29) is 6.04 Å². The maximum atomic E-state index is 5.79. The largest absolute Gasteiger partial charge is 0.328 e. The molecule has 0 spiro atoms. The molecule has 2 aromatic rings. The summed E-state index contributed by atoms with van der Waals surface area (Å²) in [6.45, 7) is 2.01. The second-order valence-electron chi connectivity index (χ2n) is 3.91. The highest BCUT2D eigenvalue weighted by Gasteiger charge is 2.05. The predicted molar refractivity (Wildman–Crippen MR) is 68.6 cm³/mol. The Bertz CT molecular complexity index is 463. The van der Waals surface area contributed by atoms with Crippen LogP contribution in [0.25, 0.3) is 5.69 Å². The minimum atomic E-state index is 0.173. The van der Waals surface area contributed by atoms with Crippen LogP contribution in [0.15, 0.2) is 41.1 Å². The van der Waals surface area contributed by atoms with Crippen molar-refractivity contribution in [2.45, 2.75) is 19.4 Å². The Morgan fingerprint density at radius 2 is 2.31 bits per heavy atom. The van der Waals surface area contributed by atoms with Crippen LogP contribution in [-0.4, -0.2) is 15.8 Å². The molecule has 1 aromatic carbocycles. The Kier molecular flexibility index (Phi) is 3.41. The Balaban J connectivity index is 2.29. The highest BCUT2D eigenvalue weighted by molar-refractivity contribution is 9.10. The summed E-state index contributed by atoms with van der Waals surface area (Å²) in [5, 5.41) is 4.19. The van der Waals surface area contributed by atoms with Gasteiger partial charge in [0.15, 0.2) is 0 Å². The molecule has 0 aliphatic carbocycles. The van der Waals surface area contributed by atoms with Gasteiger partial charge in [-0.2, -0.15) is 5.10 Å². The van der Waals surface area contributed by atoms with E-state index in [9.17, 15) is 0 Å². The van der Waals surface area contributed by atoms with E-state index in [1.807, 2.05) is 23.9 Å². The fraction of sp³-hybridized carbons (Fsp3) is 0.250. The van der Waals surface area contributed by atoms with Crippen LogP contribution in [0.1, 0.15) is 12.5 Å². The molecule has 0 aliphatic rings. The lowest BCUT2D eigenvalue weighted by Crippen LogP contribution is -2.18. The van der Waals surface area contributed by atoms with Gasteiger partial charge < -0.3 is 5.73 Å². The molecule has 84 valence electrons. The summed E-state index contributed by atoms with van der Waals surface area (Å²) < 4.78 is 2.92. The maximum Gasteiger partial charge on any atom is 0.0656 e. The molecule has 2 N–H and O–H groups in total. The first-order chi connectivity index (χ1) is 7.66. The van der Waals surface area contributed by atoms with Gasteiger partial charge in [-0.1, -0.05) is 22.0 Å². The van der Waals surface area contributed by atoms with Gasteiger partial charge in [-0.05, 0) is 37.1 Å². The molecule has 0 bridgehead atoms. The van der Waals surface area contributed by atoms with Crippen LogP contribution in [-0.2, 0) is 6.42 Å². The van der Waals surface area contributed by atoms with E-state index < -0.39 is 0 Å². The number of hydrogen-bond acceptors (Lipinski definition) is 2. The van der Waals surface area contributed by atoms with Crippen molar-refractivity contribution in [2.24, 2.45) is 5.73 Å². The summed E-state index contributed by atoms with van der Waals surface area (Å²) in [6.07, 6.45) is 4.57. The summed E-state index contributed by atoms with van der Waals surface area (Å²) in [7, 11) is 0. The molecule has 0 fully saturated rings. The van der Waals surface area contributed by atoms with E-state index in [1.165, 1.54) is 5.56 Å². The van der Waals surface area contributed by atoms with Crippen molar-refractivity contribution in [2.75, 3.05) is 0 Å². The summed E-state index contributed by atoms with van der Waals surface area (Å²) in [6, 6.07) is 8.28. The Morgan fingerprint density at radius 1 is 1.50 bits per heavy atom. The van der Waals surface area contributed by atoms with Gasteiger partial charge in [0.1, 0.15) is 0 Å². The van der Waals surface area contributed by atoms with Crippen molar-refractivity contribution in [3.8, 4) is 5.69 Å². The van der Waals surface area contributed by atoms with E-state index in [1.54, 1.807) is 6.20 Å². The Hall–Kier alpha value is -1.13. The molecule has 0 aliphatic heterocycles. The molecule has 4 heteroatoms. The number of halogens is 1. The maximum absolute atomic E-state index is 5.79. The smallest absolute Gasteiger partial charge is 0.0656 e. The topological polar surface area (TPSA) is 43.8 Å². The van der Waals surface area contributed by atoms with Crippen LogP contribution in [0.3, 0.4) is 0 Å². The summed E-state index contributed by atoms with van der Waals surface area (Å²) in [5.74, 6) is 0. The minimum Gasteiger partial charge on any atom is -0.328 e. The van der Waals surface area contributed by atoms with Gasteiger partial charge in [0.25, 0.3) is 0 Å². The third-order valence-corrected chi connectivity index (χ3v) is 3.09. The van der Waals surface area contributed by atoms with Crippen molar-refractivity contribution in [3.63, 3.8) is 0 Å². The lowest BCUT2D eigenvalue weighted by molar-refractivity contribution is 0.735. The van der Waals surface area contributed by atoms with Crippen LogP contribution < -0.4 is 5.73 Å². The molecule has 2 rings (SSSR count). The van der Waals surface area contributed by atoms with Gasteiger partial charge in [0.2, 0.25) is 0 Å². The molecular formula is C12H14BrN3. The number of aromatic nitrogens is 2. The Morgan fingerprint density at radius 3 is 2.88 bits per heavy atom. The lowest BCUT2D eigenvalue weighted by atomic mass is 10.1. The first-order valence-corrected chi connectivity index (χ1v) is 6.00. The molecule has 0 saturated heterocycles. The number of nitrogens with zero attached hydrogens (tertiary/aromatic N) is 2. The second-order valence-corrected chi connectivity index (χ2v) is 4.76. The lowest BCUT2D eigenvalue weighted by Gasteiger charge is -2.09. The first-order valence-electron chi connectivity index (χ1n) is 5.21. The molecule has 16 heavy (non-hydrogen) atoms.